The Bertz CT molecular complexity index is 482. The third-order valence-corrected chi connectivity index (χ3v) is 4.25. The lowest BCUT2D eigenvalue weighted by molar-refractivity contribution is 0.358. The number of nitrogens with zero attached hydrogens (tertiary/aromatic N) is 2. The molecule has 0 saturated carbocycles. The number of nitrogens with one attached hydrogen (secondary N) is 2. The fourth-order valence-electron chi connectivity index (χ4n) is 1.49. The SMILES string of the molecule is CCN(C)CCNS(=O)(=O)c1n[nH]c(C)c1CN. The van der Waals surface area contributed by atoms with Crippen LogP contribution in [0.2, 0.25) is 0 Å². The molecule has 104 valence electrons. The van der Waals surface area contributed by atoms with E-state index in [9.17, 15) is 8.42 Å². The second kappa shape index (κ2) is 6.28. The number of rotatable bonds is 7. The van der Waals surface area contributed by atoms with Crippen LogP contribution in [0.15, 0.2) is 5.03 Å². The Balaban J connectivity index is 2.74. The Morgan fingerprint density at radius 1 is 1.50 bits per heavy atom. The lowest BCUT2D eigenvalue weighted by Crippen LogP contribution is -2.33. The van der Waals surface area contributed by atoms with E-state index in [2.05, 4.69) is 14.9 Å². The molecular formula is C10H21N5O2S. The van der Waals surface area contributed by atoms with Crippen molar-refractivity contribution < 1.29 is 8.42 Å². The largest absolute Gasteiger partial charge is 0.326 e. The highest BCUT2D eigenvalue weighted by Crippen LogP contribution is 2.14. The number of sulfonamides is 1. The summed E-state index contributed by atoms with van der Waals surface area (Å²) in [6.45, 7) is 5.78. The van der Waals surface area contributed by atoms with Gasteiger partial charge in [0, 0.05) is 30.9 Å². The minimum absolute atomic E-state index is 0.00153. The maximum Gasteiger partial charge on any atom is 0.260 e. The van der Waals surface area contributed by atoms with E-state index in [0.717, 1.165) is 6.54 Å². The van der Waals surface area contributed by atoms with E-state index in [1.54, 1.807) is 6.92 Å². The fraction of sp³-hybridized carbons (Fsp3) is 0.700. The topological polar surface area (TPSA) is 104 Å². The molecule has 0 unspecified atom stereocenters. The summed E-state index contributed by atoms with van der Waals surface area (Å²) in [5, 5.41) is 6.45. The van der Waals surface area contributed by atoms with Gasteiger partial charge < -0.3 is 10.6 Å². The summed E-state index contributed by atoms with van der Waals surface area (Å²) >= 11 is 0. The molecule has 1 aromatic heterocycles. The Kier molecular flexibility index (Phi) is 5.27. The van der Waals surface area contributed by atoms with Crippen LogP contribution >= 0.6 is 0 Å². The Hall–Kier alpha value is -0.960. The summed E-state index contributed by atoms with van der Waals surface area (Å²) in [6, 6.07) is 0. The molecule has 4 N–H and O–H groups in total. The zero-order valence-electron chi connectivity index (χ0n) is 11.0. The number of aryl methyl sites for hydroxylation is 1. The molecule has 18 heavy (non-hydrogen) atoms. The van der Waals surface area contributed by atoms with E-state index in [1.807, 2.05) is 18.9 Å². The van der Waals surface area contributed by atoms with Crippen LogP contribution in [-0.2, 0) is 16.6 Å². The van der Waals surface area contributed by atoms with Crippen molar-refractivity contribution in [1.82, 2.24) is 19.8 Å². The van der Waals surface area contributed by atoms with Crippen LogP contribution < -0.4 is 10.5 Å². The van der Waals surface area contributed by atoms with E-state index >= 15 is 0 Å². The second-order valence-corrected chi connectivity index (χ2v) is 5.81. The third-order valence-electron chi connectivity index (χ3n) is 2.82. The Morgan fingerprint density at radius 3 is 2.72 bits per heavy atom. The molecule has 0 spiro atoms. The van der Waals surface area contributed by atoms with Crippen molar-refractivity contribution in [3.05, 3.63) is 11.3 Å². The number of likely N-dealkylation sites (N-methyl/N-ethyl adjacent to an activating group) is 1. The number of hydrogen-bond acceptors (Lipinski definition) is 5. The zero-order chi connectivity index (χ0) is 13.8. The molecule has 0 amide bonds. The van der Waals surface area contributed by atoms with Gasteiger partial charge in [0.1, 0.15) is 0 Å². The van der Waals surface area contributed by atoms with E-state index in [4.69, 9.17) is 5.73 Å². The highest BCUT2D eigenvalue weighted by Gasteiger charge is 2.22. The van der Waals surface area contributed by atoms with Gasteiger partial charge in [-0.1, -0.05) is 6.92 Å². The molecule has 0 aromatic carbocycles. The van der Waals surface area contributed by atoms with Crippen molar-refractivity contribution in [3.63, 3.8) is 0 Å². The van der Waals surface area contributed by atoms with Gasteiger partial charge in [-0.05, 0) is 20.5 Å². The first-order chi connectivity index (χ1) is 8.42. The standard InChI is InChI=1S/C10H21N5O2S/c1-4-15(3)6-5-12-18(16,17)10-9(7-11)8(2)13-14-10/h12H,4-7,11H2,1-3H3,(H,13,14). The van der Waals surface area contributed by atoms with E-state index in [-0.39, 0.29) is 11.6 Å². The first kappa shape index (κ1) is 15.1. The van der Waals surface area contributed by atoms with Crippen LogP contribution in [0, 0.1) is 6.92 Å². The van der Waals surface area contributed by atoms with Gasteiger partial charge in [0.2, 0.25) is 0 Å². The lowest BCUT2D eigenvalue weighted by atomic mass is 10.3. The summed E-state index contributed by atoms with van der Waals surface area (Å²) in [7, 11) is -1.66. The molecular weight excluding hydrogens is 254 g/mol. The molecule has 0 radical (unpaired) electrons. The van der Waals surface area contributed by atoms with Crippen LogP contribution in [0.25, 0.3) is 0 Å². The second-order valence-electron chi connectivity index (χ2n) is 4.13. The molecule has 1 aromatic rings. The molecule has 1 heterocycles. The summed E-state index contributed by atoms with van der Waals surface area (Å²) in [5.74, 6) is 0. The van der Waals surface area contributed by atoms with Crippen molar-refractivity contribution in [1.29, 1.82) is 0 Å². The normalized spacial score (nSPS) is 12.3. The summed E-state index contributed by atoms with van der Waals surface area (Å²) in [4.78, 5) is 2.02. The van der Waals surface area contributed by atoms with E-state index in [1.165, 1.54) is 0 Å². The number of hydrogen-bond donors (Lipinski definition) is 3. The number of H-pyrrole nitrogens is 1. The van der Waals surface area contributed by atoms with Crippen LogP contribution in [0.4, 0.5) is 0 Å². The van der Waals surface area contributed by atoms with Gasteiger partial charge in [-0.2, -0.15) is 5.10 Å². The Labute approximate surface area is 108 Å². The van der Waals surface area contributed by atoms with Gasteiger partial charge in [-0.25, -0.2) is 13.1 Å². The average molecular weight is 275 g/mol. The van der Waals surface area contributed by atoms with Gasteiger partial charge in [0.25, 0.3) is 10.0 Å². The molecule has 7 nitrogen and oxygen atoms in total. The van der Waals surface area contributed by atoms with Crippen LogP contribution in [-0.4, -0.2) is 50.2 Å². The molecule has 0 saturated heterocycles. The molecule has 8 heteroatoms. The quantitative estimate of drug-likeness (QED) is 0.617. The maximum absolute atomic E-state index is 12.0. The summed E-state index contributed by atoms with van der Waals surface area (Å²) < 4.78 is 26.6. The number of aromatic amines is 1. The first-order valence-electron chi connectivity index (χ1n) is 5.84. The van der Waals surface area contributed by atoms with Crippen LogP contribution in [0.5, 0.6) is 0 Å². The molecule has 0 aliphatic rings. The fourth-order valence-corrected chi connectivity index (χ4v) is 2.71. The van der Waals surface area contributed by atoms with Gasteiger partial charge >= 0.3 is 0 Å². The minimum atomic E-state index is -3.59. The highest BCUT2D eigenvalue weighted by molar-refractivity contribution is 7.89. The third kappa shape index (κ3) is 3.52. The van der Waals surface area contributed by atoms with Crippen molar-refractivity contribution >= 4 is 10.0 Å². The molecule has 0 aliphatic heterocycles. The molecule has 0 bridgehead atoms. The highest BCUT2D eigenvalue weighted by atomic mass is 32.2. The van der Waals surface area contributed by atoms with Crippen molar-refractivity contribution in [3.8, 4) is 0 Å². The summed E-state index contributed by atoms with van der Waals surface area (Å²) in [6.07, 6.45) is 0. The predicted molar refractivity (Wildman–Crippen MR) is 69.6 cm³/mol. The summed E-state index contributed by atoms with van der Waals surface area (Å²) in [5.41, 5.74) is 6.75. The van der Waals surface area contributed by atoms with Crippen molar-refractivity contribution in [2.24, 2.45) is 5.73 Å². The van der Waals surface area contributed by atoms with Gasteiger partial charge in [-0.3, -0.25) is 5.10 Å². The lowest BCUT2D eigenvalue weighted by Gasteiger charge is -2.13. The zero-order valence-corrected chi connectivity index (χ0v) is 11.8. The molecule has 1 rings (SSSR count). The molecule has 0 fully saturated rings. The number of nitrogens with two attached hydrogens (primary N) is 1. The molecule has 0 aliphatic carbocycles. The smallest absolute Gasteiger partial charge is 0.260 e. The van der Waals surface area contributed by atoms with Gasteiger partial charge in [0.15, 0.2) is 5.03 Å². The van der Waals surface area contributed by atoms with E-state index in [0.29, 0.717) is 24.3 Å². The van der Waals surface area contributed by atoms with E-state index < -0.39 is 10.0 Å². The number of aromatic nitrogens is 2. The average Bonchev–Trinajstić information content (AvgIpc) is 2.70. The van der Waals surface area contributed by atoms with Crippen molar-refractivity contribution in [2.45, 2.75) is 25.4 Å². The van der Waals surface area contributed by atoms with Gasteiger partial charge in [0.05, 0.1) is 0 Å². The maximum atomic E-state index is 12.0. The van der Waals surface area contributed by atoms with Gasteiger partial charge in [-0.15, -0.1) is 0 Å². The van der Waals surface area contributed by atoms with Crippen LogP contribution in [0.3, 0.4) is 0 Å². The first-order valence-corrected chi connectivity index (χ1v) is 7.32. The predicted octanol–water partition coefficient (Wildman–Crippen LogP) is -0.593. The van der Waals surface area contributed by atoms with Crippen molar-refractivity contribution in [2.75, 3.05) is 26.7 Å². The monoisotopic (exact) mass is 275 g/mol. The minimum Gasteiger partial charge on any atom is -0.326 e. The Morgan fingerprint density at radius 2 is 2.17 bits per heavy atom. The van der Waals surface area contributed by atoms with Crippen LogP contribution in [0.1, 0.15) is 18.2 Å². The molecule has 0 atom stereocenters.